The van der Waals surface area contributed by atoms with Crippen LogP contribution in [0.4, 0.5) is 5.13 Å². The third-order valence-electron chi connectivity index (χ3n) is 4.58. The molecule has 3 atom stereocenters. The van der Waals surface area contributed by atoms with Crippen molar-refractivity contribution in [3.63, 3.8) is 0 Å². The summed E-state index contributed by atoms with van der Waals surface area (Å²) >= 11 is 3.40. The van der Waals surface area contributed by atoms with Gasteiger partial charge in [0.15, 0.2) is 5.13 Å². The number of fused-ring (bicyclic) bond motifs is 1. The van der Waals surface area contributed by atoms with E-state index in [1.807, 2.05) is 0 Å². The summed E-state index contributed by atoms with van der Waals surface area (Å²) in [6.07, 6.45) is 0.884. The molecule has 16 heteroatoms. The predicted octanol–water partition coefficient (Wildman–Crippen LogP) is 0.258. The normalized spacial score (nSPS) is 25.9. The Hall–Kier alpha value is -2.72. The molecule has 0 radical (unpaired) electrons. The minimum absolute atomic E-state index is 0.0820. The van der Waals surface area contributed by atoms with Gasteiger partial charge in [-0.2, -0.15) is 14.5 Å². The molecule has 4 heterocycles. The second-order valence-corrected chi connectivity index (χ2v) is 9.12. The van der Waals surface area contributed by atoms with Gasteiger partial charge in [-0.1, -0.05) is 16.9 Å². The third kappa shape index (κ3) is 3.61. The SMILES string of the molecule is Nc1nc(/C(=N/O)C(=O)NC2C(=O)N3C(C(=O)O)=C(SC4CSN=N4)CCC23)ns1. The van der Waals surface area contributed by atoms with Crippen molar-refractivity contribution in [3.8, 4) is 0 Å². The lowest BCUT2D eigenvalue weighted by molar-refractivity contribution is -0.155. The third-order valence-corrected chi connectivity index (χ3v) is 7.22. The summed E-state index contributed by atoms with van der Waals surface area (Å²) in [7, 11) is 0. The number of carbonyl (C=O) groups excluding carboxylic acids is 2. The molecule has 30 heavy (non-hydrogen) atoms. The van der Waals surface area contributed by atoms with Gasteiger partial charge in [0, 0.05) is 28.4 Å². The first kappa shape index (κ1) is 20.5. The number of amides is 2. The molecule has 4 rings (SSSR count). The Bertz CT molecular complexity index is 1010. The van der Waals surface area contributed by atoms with Crippen LogP contribution in [-0.4, -0.2) is 71.3 Å². The molecule has 0 saturated carbocycles. The number of nitrogens with two attached hydrogens (primary N) is 1. The summed E-state index contributed by atoms with van der Waals surface area (Å²) in [6.45, 7) is 0. The number of nitrogens with one attached hydrogen (secondary N) is 1. The van der Waals surface area contributed by atoms with Crippen LogP contribution < -0.4 is 11.1 Å². The monoisotopic (exact) mass is 470 g/mol. The lowest BCUT2D eigenvalue weighted by Crippen LogP contribution is -2.72. The highest BCUT2D eigenvalue weighted by Crippen LogP contribution is 2.43. The van der Waals surface area contributed by atoms with E-state index in [1.165, 1.54) is 28.6 Å². The quantitative estimate of drug-likeness (QED) is 0.147. The standard InChI is InChI=1S/C14H14N8O5S3/c15-14-17-10(20-30-14)8(19-27)11(23)16-7-4-1-2-5(29-6-3-28-21-18-6)9(13(25)26)22(4)12(7)24/h4,6-7,27H,1-3H2,(H,16,23)(H,25,26)(H2,15,17,20)/b19-8-. The summed E-state index contributed by atoms with van der Waals surface area (Å²) in [5.74, 6) is -2.18. The Balaban J connectivity index is 1.50. The van der Waals surface area contributed by atoms with Crippen molar-refractivity contribution in [2.45, 2.75) is 30.3 Å². The fourth-order valence-electron chi connectivity index (χ4n) is 3.31. The number of aromatic nitrogens is 2. The zero-order valence-electron chi connectivity index (χ0n) is 15.0. The fraction of sp³-hybridized carbons (Fsp3) is 0.429. The molecule has 1 aromatic heterocycles. The van der Waals surface area contributed by atoms with Crippen molar-refractivity contribution >= 4 is 63.9 Å². The second-order valence-electron chi connectivity index (χ2n) is 6.31. The minimum atomic E-state index is -1.22. The Morgan fingerprint density at radius 1 is 1.40 bits per heavy atom. The number of allylic oxidation sites excluding steroid dienone is 1. The average Bonchev–Trinajstić information content (AvgIpc) is 3.38. The van der Waals surface area contributed by atoms with E-state index >= 15 is 0 Å². The summed E-state index contributed by atoms with van der Waals surface area (Å²) in [5, 5.41) is 28.1. The first-order valence-corrected chi connectivity index (χ1v) is 11.1. The van der Waals surface area contributed by atoms with Crippen LogP contribution >= 0.6 is 35.2 Å². The summed E-state index contributed by atoms with van der Waals surface area (Å²) in [6, 6.07) is -1.47. The van der Waals surface area contributed by atoms with Crippen LogP contribution in [0.15, 0.2) is 25.4 Å². The highest BCUT2D eigenvalue weighted by Gasteiger charge is 2.54. The average molecular weight is 471 g/mol. The number of nitrogens with zero attached hydrogens (tertiary/aromatic N) is 6. The van der Waals surface area contributed by atoms with E-state index < -0.39 is 35.6 Å². The molecule has 3 aliphatic rings. The van der Waals surface area contributed by atoms with Gasteiger partial charge in [-0.25, -0.2) is 4.79 Å². The van der Waals surface area contributed by atoms with E-state index in [0.717, 1.165) is 11.5 Å². The molecular weight excluding hydrogens is 456 g/mol. The van der Waals surface area contributed by atoms with Gasteiger partial charge < -0.3 is 21.4 Å². The number of oxime groups is 1. The van der Waals surface area contributed by atoms with Crippen LogP contribution in [0.3, 0.4) is 0 Å². The van der Waals surface area contributed by atoms with Crippen LogP contribution in [0.5, 0.6) is 0 Å². The van der Waals surface area contributed by atoms with E-state index in [-0.39, 0.29) is 22.0 Å². The number of thioether (sulfide) groups is 1. The Labute approximate surface area is 181 Å². The van der Waals surface area contributed by atoms with Crippen LogP contribution in [-0.2, 0) is 14.4 Å². The molecule has 0 bridgehead atoms. The van der Waals surface area contributed by atoms with Gasteiger partial charge in [-0.05, 0) is 12.8 Å². The number of nitrogen functional groups attached to an aromatic ring is 1. The maximum absolute atomic E-state index is 12.7. The highest BCUT2D eigenvalue weighted by atomic mass is 32.2. The van der Waals surface area contributed by atoms with Crippen molar-refractivity contribution in [2.24, 2.45) is 14.8 Å². The van der Waals surface area contributed by atoms with E-state index in [2.05, 4.69) is 29.5 Å². The van der Waals surface area contributed by atoms with E-state index in [9.17, 15) is 19.5 Å². The molecule has 5 N–H and O–H groups in total. The van der Waals surface area contributed by atoms with Crippen molar-refractivity contribution < 1.29 is 24.7 Å². The van der Waals surface area contributed by atoms with Gasteiger partial charge >= 0.3 is 5.97 Å². The summed E-state index contributed by atoms with van der Waals surface area (Å²) < 4.78 is 7.64. The van der Waals surface area contributed by atoms with Gasteiger partial charge in [-0.15, -0.1) is 4.52 Å². The largest absolute Gasteiger partial charge is 0.477 e. The fourth-order valence-corrected chi connectivity index (χ4v) is 5.66. The first-order chi connectivity index (χ1) is 14.4. The summed E-state index contributed by atoms with van der Waals surface area (Å²) in [5.41, 5.74) is 4.89. The number of carbonyl (C=O) groups is 3. The van der Waals surface area contributed by atoms with E-state index in [0.29, 0.717) is 23.5 Å². The number of aliphatic carboxylic acids is 1. The van der Waals surface area contributed by atoms with Gasteiger partial charge in [0.05, 0.1) is 11.8 Å². The molecule has 1 aromatic rings. The number of carboxylic acids is 1. The topological polar surface area (TPSA) is 196 Å². The van der Waals surface area contributed by atoms with Gasteiger partial charge in [-0.3, -0.25) is 14.5 Å². The molecule has 1 fully saturated rings. The van der Waals surface area contributed by atoms with Crippen molar-refractivity contribution in [1.82, 2.24) is 19.6 Å². The molecule has 0 spiro atoms. The van der Waals surface area contributed by atoms with E-state index in [1.54, 1.807) is 0 Å². The molecule has 0 aromatic carbocycles. The molecule has 3 aliphatic heterocycles. The van der Waals surface area contributed by atoms with Crippen molar-refractivity contribution in [1.29, 1.82) is 0 Å². The molecule has 158 valence electrons. The van der Waals surface area contributed by atoms with E-state index in [4.69, 9.17) is 10.9 Å². The number of anilines is 1. The minimum Gasteiger partial charge on any atom is -0.477 e. The number of hydrogen-bond donors (Lipinski definition) is 4. The van der Waals surface area contributed by atoms with Crippen molar-refractivity contribution in [2.75, 3.05) is 11.5 Å². The highest BCUT2D eigenvalue weighted by molar-refractivity contribution is 8.05. The zero-order chi connectivity index (χ0) is 21.4. The maximum Gasteiger partial charge on any atom is 0.353 e. The maximum atomic E-state index is 12.7. The number of β-lactam (4-membered cyclic amide) rings is 1. The van der Waals surface area contributed by atoms with Crippen LogP contribution in [0, 0.1) is 0 Å². The van der Waals surface area contributed by atoms with Crippen LogP contribution in [0.1, 0.15) is 18.7 Å². The molecular formula is C14H14N8O5S3. The zero-order valence-corrected chi connectivity index (χ0v) is 17.4. The molecule has 13 nitrogen and oxygen atoms in total. The summed E-state index contributed by atoms with van der Waals surface area (Å²) in [4.78, 5) is 42.5. The molecule has 2 amide bonds. The second kappa shape index (κ2) is 8.19. The molecule has 1 saturated heterocycles. The molecule has 0 aliphatic carbocycles. The Kier molecular flexibility index (Phi) is 5.61. The number of rotatable bonds is 6. The Morgan fingerprint density at radius 3 is 2.80 bits per heavy atom. The number of hydrogen-bond acceptors (Lipinski definition) is 13. The smallest absolute Gasteiger partial charge is 0.353 e. The first-order valence-electron chi connectivity index (χ1n) is 8.51. The van der Waals surface area contributed by atoms with Gasteiger partial charge in [0.1, 0.15) is 17.1 Å². The predicted molar refractivity (Wildman–Crippen MR) is 108 cm³/mol. The molecule has 3 unspecified atom stereocenters. The Morgan fingerprint density at radius 2 is 2.20 bits per heavy atom. The van der Waals surface area contributed by atoms with Crippen LogP contribution in [0.25, 0.3) is 0 Å². The van der Waals surface area contributed by atoms with Gasteiger partial charge in [0.25, 0.3) is 11.8 Å². The van der Waals surface area contributed by atoms with Gasteiger partial charge in [0.2, 0.25) is 11.5 Å². The lowest BCUT2D eigenvalue weighted by atomic mass is 9.86. The van der Waals surface area contributed by atoms with Crippen LogP contribution in [0.2, 0.25) is 0 Å². The van der Waals surface area contributed by atoms with Crippen molar-refractivity contribution in [3.05, 3.63) is 16.4 Å². The lowest BCUT2D eigenvalue weighted by Gasteiger charge is -2.50. The number of carboxylic acid groups (broad SMARTS) is 1.